The molecule has 2 heterocycles. The van der Waals surface area contributed by atoms with E-state index in [-0.39, 0.29) is 17.7 Å². The minimum Gasteiger partial charge on any atom is -0.381 e. The van der Waals surface area contributed by atoms with E-state index >= 15 is 0 Å². The number of benzene rings is 1. The molecule has 2 fully saturated rings. The number of amides is 1. The zero-order chi connectivity index (χ0) is 18.2. The van der Waals surface area contributed by atoms with Crippen LogP contribution in [0.5, 0.6) is 0 Å². The predicted octanol–water partition coefficient (Wildman–Crippen LogP) is 2.99. The average Bonchev–Trinajstić information content (AvgIpc) is 2.69. The van der Waals surface area contributed by atoms with E-state index in [0.717, 1.165) is 44.6 Å². The summed E-state index contributed by atoms with van der Waals surface area (Å²) in [7, 11) is 0. The van der Waals surface area contributed by atoms with Gasteiger partial charge in [0.15, 0.2) is 5.78 Å². The normalized spacial score (nSPS) is 24.2. The van der Waals surface area contributed by atoms with Crippen LogP contribution in [0.4, 0.5) is 0 Å². The lowest BCUT2D eigenvalue weighted by Crippen LogP contribution is -2.49. The summed E-state index contributed by atoms with van der Waals surface area (Å²) in [5.41, 5.74) is 0.719. The van der Waals surface area contributed by atoms with Crippen LogP contribution in [-0.2, 0) is 14.3 Å². The van der Waals surface area contributed by atoms with Crippen LogP contribution in [0.3, 0.4) is 0 Å². The largest absolute Gasteiger partial charge is 0.381 e. The number of nitrogens with one attached hydrogen (secondary N) is 1. The van der Waals surface area contributed by atoms with Crippen LogP contribution >= 0.6 is 0 Å². The fraction of sp³-hybridized carbons (Fsp3) is 0.619. The zero-order valence-corrected chi connectivity index (χ0v) is 15.3. The smallest absolute Gasteiger partial charge is 0.220 e. The van der Waals surface area contributed by atoms with Crippen LogP contribution in [-0.4, -0.2) is 44.2 Å². The molecule has 0 aromatic heterocycles. The molecular formula is C21H29NO4. The van der Waals surface area contributed by atoms with E-state index in [2.05, 4.69) is 5.32 Å². The van der Waals surface area contributed by atoms with Crippen LogP contribution in [0.1, 0.15) is 48.9 Å². The van der Waals surface area contributed by atoms with E-state index in [0.29, 0.717) is 37.7 Å². The maximum atomic E-state index is 12.4. The first-order valence-electron chi connectivity index (χ1n) is 9.77. The van der Waals surface area contributed by atoms with Gasteiger partial charge < -0.3 is 14.8 Å². The lowest BCUT2D eigenvalue weighted by atomic mass is 9.79. The Morgan fingerprint density at radius 1 is 0.962 bits per heavy atom. The fourth-order valence-electron chi connectivity index (χ4n) is 4.00. The Labute approximate surface area is 155 Å². The molecule has 2 saturated heterocycles. The Morgan fingerprint density at radius 3 is 2.46 bits per heavy atom. The number of ketones is 1. The second kappa shape index (κ2) is 9.83. The zero-order valence-electron chi connectivity index (χ0n) is 15.3. The van der Waals surface area contributed by atoms with Crippen LogP contribution in [0.2, 0.25) is 0 Å². The number of Topliss-reactive ketones (excluding diaryl/α,β-unsaturated/α-hetero) is 1. The van der Waals surface area contributed by atoms with Gasteiger partial charge in [-0.15, -0.1) is 0 Å². The number of hydrogen-bond donors (Lipinski definition) is 1. The summed E-state index contributed by atoms with van der Waals surface area (Å²) in [4.78, 5) is 24.5. The first-order valence-corrected chi connectivity index (χ1v) is 9.77. The summed E-state index contributed by atoms with van der Waals surface area (Å²) in [5, 5.41) is 3.21. The van der Waals surface area contributed by atoms with Gasteiger partial charge in [0.1, 0.15) is 0 Å². The van der Waals surface area contributed by atoms with Crippen molar-refractivity contribution in [2.75, 3.05) is 26.4 Å². The summed E-state index contributed by atoms with van der Waals surface area (Å²) in [6.07, 6.45) is 4.37. The van der Waals surface area contributed by atoms with Crippen LogP contribution < -0.4 is 5.32 Å². The van der Waals surface area contributed by atoms with Crippen LogP contribution in [0.25, 0.3) is 0 Å². The fourth-order valence-corrected chi connectivity index (χ4v) is 4.00. The van der Waals surface area contributed by atoms with Gasteiger partial charge in [0.25, 0.3) is 0 Å². The SMILES string of the molecule is O=C(CCCC(=O)c1ccccc1)N[C@@H]1CCOC[C@@H]1C1CCOCC1. The van der Waals surface area contributed by atoms with Crippen molar-refractivity contribution in [1.82, 2.24) is 5.32 Å². The van der Waals surface area contributed by atoms with Crippen molar-refractivity contribution < 1.29 is 19.1 Å². The van der Waals surface area contributed by atoms with Crippen LogP contribution in [0, 0.1) is 11.8 Å². The molecule has 2 aliphatic heterocycles. The summed E-state index contributed by atoms with van der Waals surface area (Å²) in [6.45, 7) is 3.05. The van der Waals surface area contributed by atoms with Gasteiger partial charge in [-0.1, -0.05) is 30.3 Å². The Hall–Kier alpha value is -1.72. The van der Waals surface area contributed by atoms with Crippen molar-refractivity contribution in [3.63, 3.8) is 0 Å². The highest BCUT2D eigenvalue weighted by atomic mass is 16.5. The quantitative estimate of drug-likeness (QED) is 0.760. The molecule has 1 N–H and O–H groups in total. The molecule has 5 heteroatoms. The predicted molar refractivity (Wildman–Crippen MR) is 99.0 cm³/mol. The summed E-state index contributed by atoms with van der Waals surface area (Å²) >= 11 is 0. The van der Waals surface area contributed by atoms with E-state index in [1.165, 1.54) is 0 Å². The molecule has 0 spiro atoms. The van der Waals surface area contributed by atoms with Crippen molar-refractivity contribution in [2.24, 2.45) is 11.8 Å². The van der Waals surface area contributed by atoms with Crippen molar-refractivity contribution in [1.29, 1.82) is 0 Å². The van der Waals surface area contributed by atoms with E-state index in [1.807, 2.05) is 30.3 Å². The van der Waals surface area contributed by atoms with E-state index in [4.69, 9.17) is 9.47 Å². The number of hydrogen-bond acceptors (Lipinski definition) is 4. The van der Waals surface area contributed by atoms with Crippen LogP contribution in [0.15, 0.2) is 30.3 Å². The van der Waals surface area contributed by atoms with Crippen molar-refractivity contribution in [2.45, 2.75) is 44.6 Å². The molecule has 1 aromatic carbocycles. The number of carbonyl (C=O) groups is 2. The first-order chi connectivity index (χ1) is 12.7. The van der Waals surface area contributed by atoms with Crippen molar-refractivity contribution >= 4 is 11.7 Å². The van der Waals surface area contributed by atoms with Gasteiger partial charge in [0.05, 0.1) is 6.61 Å². The van der Waals surface area contributed by atoms with Gasteiger partial charge in [-0.3, -0.25) is 9.59 Å². The molecule has 0 bridgehead atoms. The molecule has 142 valence electrons. The second-order valence-corrected chi connectivity index (χ2v) is 7.29. The maximum absolute atomic E-state index is 12.4. The Bertz CT molecular complexity index is 583. The Kier molecular flexibility index (Phi) is 7.21. The number of rotatable bonds is 7. The number of carbonyl (C=O) groups excluding carboxylic acids is 2. The van der Waals surface area contributed by atoms with Gasteiger partial charge in [-0.05, 0) is 31.6 Å². The molecule has 1 amide bonds. The second-order valence-electron chi connectivity index (χ2n) is 7.29. The topological polar surface area (TPSA) is 64.6 Å². The third-order valence-electron chi connectivity index (χ3n) is 5.52. The molecule has 3 rings (SSSR count). The third kappa shape index (κ3) is 5.39. The Balaban J connectivity index is 1.43. The molecule has 1 aromatic rings. The van der Waals surface area contributed by atoms with Gasteiger partial charge in [0.2, 0.25) is 5.91 Å². The molecule has 0 saturated carbocycles. The summed E-state index contributed by atoms with van der Waals surface area (Å²) < 4.78 is 11.1. The molecule has 0 radical (unpaired) electrons. The number of ether oxygens (including phenoxy) is 2. The molecule has 5 nitrogen and oxygen atoms in total. The first kappa shape index (κ1) is 19.1. The molecule has 2 aliphatic rings. The molecule has 2 atom stereocenters. The highest BCUT2D eigenvalue weighted by Crippen LogP contribution is 2.30. The van der Waals surface area contributed by atoms with E-state index in [9.17, 15) is 9.59 Å². The average molecular weight is 359 g/mol. The van der Waals surface area contributed by atoms with E-state index in [1.54, 1.807) is 0 Å². The van der Waals surface area contributed by atoms with Crippen molar-refractivity contribution in [3.05, 3.63) is 35.9 Å². The third-order valence-corrected chi connectivity index (χ3v) is 5.52. The van der Waals surface area contributed by atoms with Crippen molar-refractivity contribution in [3.8, 4) is 0 Å². The van der Waals surface area contributed by atoms with Gasteiger partial charge in [0, 0.05) is 50.2 Å². The molecule has 0 unspecified atom stereocenters. The molecule has 0 aliphatic carbocycles. The monoisotopic (exact) mass is 359 g/mol. The lowest BCUT2D eigenvalue weighted by Gasteiger charge is -2.39. The summed E-state index contributed by atoms with van der Waals surface area (Å²) in [5.74, 6) is 1.09. The Morgan fingerprint density at radius 2 is 1.69 bits per heavy atom. The molecule has 26 heavy (non-hydrogen) atoms. The highest BCUT2D eigenvalue weighted by molar-refractivity contribution is 5.96. The minimum atomic E-state index is 0.0508. The lowest BCUT2D eigenvalue weighted by molar-refractivity contribution is -0.124. The standard InChI is InChI=1S/C21H29NO4/c23-20(17-5-2-1-3-6-17)7-4-8-21(24)22-19-11-14-26-15-18(19)16-9-12-25-13-10-16/h1-3,5-6,16,18-19H,4,7-15H2,(H,22,24)/t18-,19-/m1/s1. The highest BCUT2D eigenvalue weighted by Gasteiger charge is 2.34. The minimum absolute atomic E-state index is 0.0508. The van der Waals surface area contributed by atoms with Gasteiger partial charge in [-0.25, -0.2) is 0 Å². The molecular weight excluding hydrogens is 330 g/mol. The van der Waals surface area contributed by atoms with E-state index < -0.39 is 0 Å². The summed E-state index contributed by atoms with van der Waals surface area (Å²) in [6, 6.07) is 9.45. The van der Waals surface area contributed by atoms with Gasteiger partial charge in [-0.2, -0.15) is 0 Å². The maximum Gasteiger partial charge on any atom is 0.220 e. The van der Waals surface area contributed by atoms with Gasteiger partial charge >= 0.3 is 0 Å².